The van der Waals surface area contributed by atoms with E-state index in [2.05, 4.69) is 20.9 Å². The molecule has 0 aliphatic carbocycles. The minimum absolute atomic E-state index is 0.0272. The van der Waals surface area contributed by atoms with E-state index in [0.717, 1.165) is 32.7 Å². The number of rotatable bonds is 5. The van der Waals surface area contributed by atoms with E-state index in [1.54, 1.807) is 24.3 Å². The van der Waals surface area contributed by atoms with Gasteiger partial charge in [-0.3, -0.25) is 10.1 Å². The summed E-state index contributed by atoms with van der Waals surface area (Å²) in [5, 5.41) is 12.0. The average molecular weight is 503 g/mol. The zero-order valence-corrected chi connectivity index (χ0v) is 18.5. The van der Waals surface area contributed by atoms with Crippen molar-refractivity contribution >= 4 is 44.8 Å². The van der Waals surface area contributed by atoms with Crippen molar-refractivity contribution in [3.8, 4) is 22.5 Å². The first-order valence-electron chi connectivity index (χ1n) is 8.94. The number of aromatic nitrogens is 2. The van der Waals surface area contributed by atoms with Gasteiger partial charge in [0.15, 0.2) is 0 Å². The number of non-ortho nitro benzene ring substituents is 1. The van der Waals surface area contributed by atoms with Gasteiger partial charge in [0.2, 0.25) is 0 Å². The van der Waals surface area contributed by atoms with E-state index in [9.17, 15) is 10.1 Å². The van der Waals surface area contributed by atoms with Gasteiger partial charge >= 0.3 is 0 Å². The number of halogens is 3. The van der Waals surface area contributed by atoms with Crippen molar-refractivity contribution in [1.82, 2.24) is 9.97 Å². The third-order valence-electron chi connectivity index (χ3n) is 4.59. The zero-order valence-electron chi connectivity index (χ0n) is 15.4. The number of hydrogen-bond donors (Lipinski definition) is 1. The molecule has 0 unspecified atom stereocenters. The van der Waals surface area contributed by atoms with Crippen LogP contribution in [0.3, 0.4) is 0 Å². The fourth-order valence-corrected chi connectivity index (χ4v) is 3.90. The number of imidazole rings is 1. The van der Waals surface area contributed by atoms with E-state index in [1.807, 2.05) is 30.3 Å². The number of hydrogen-bond acceptors (Lipinski definition) is 3. The molecule has 4 aromatic rings. The number of nitrogens with zero attached hydrogens (tertiary/aromatic N) is 2. The molecule has 0 atom stereocenters. The highest BCUT2D eigenvalue weighted by atomic mass is 79.9. The van der Waals surface area contributed by atoms with Crippen molar-refractivity contribution in [1.29, 1.82) is 0 Å². The van der Waals surface area contributed by atoms with Gasteiger partial charge in [-0.2, -0.15) is 0 Å². The lowest BCUT2D eigenvalue weighted by Crippen LogP contribution is -1.90. The third kappa shape index (κ3) is 4.41. The first-order chi connectivity index (χ1) is 14.4. The minimum atomic E-state index is -0.424. The molecule has 0 bridgehead atoms. The Hall–Kier alpha value is -2.67. The minimum Gasteiger partial charge on any atom is -0.341 e. The van der Waals surface area contributed by atoms with E-state index in [0.29, 0.717) is 22.2 Å². The third-order valence-corrected chi connectivity index (χ3v) is 5.67. The lowest BCUT2D eigenvalue weighted by molar-refractivity contribution is -0.384. The fraction of sp³-hybridized carbons (Fsp3) is 0.0455. The van der Waals surface area contributed by atoms with Gasteiger partial charge in [-0.25, -0.2) is 4.98 Å². The van der Waals surface area contributed by atoms with Crippen LogP contribution >= 0.6 is 39.1 Å². The lowest BCUT2D eigenvalue weighted by Gasteiger charge is -2.06. The highest BCUT2D eigenvalue weighted by Crippen LogP contribution is 2.36. The van der Waals surface area contributed by atoms with Gasteiger partial charge in [-0.1, -0.05) is 51.3 Å². The summed E-state index contributed by atoms with van der Waals surface area (Å²) in [6.07, 6.45) is 0.596. The Kier molecular flexibility index (Phi) is 5.90. The van der Waals surface area contributed by atoms with Crippen molar-refractivity contribution in [2.45, 2.75) is 6.42 Å². The van der Waals surface area contributed by atoms with Crippen LogP contribution in [0.25, 0.3) is 22.5 Å². The van der Waals surface area contributed by atoms with Crippen LogP contribution in [0.5, 0.6) is 0 Å². The van der Waals surface area contributed by atoms with E-state index >= 15 is 0 Å². The highest BCUT2D eigenvalue weighted by molar-refractivity contribution is 9.10. The summed E-state index contributed by atoms with van der Waals surface area (Å²) in [4.78, 5) is 18.7. The van der Waals surface area contributed by atoms with E-state index < -0.39 is 4.92 Å². The summed E-state index contributed by atoms with van der Waals surface area (Å²) in [5.74, 6) is 0.756. The quantitative estimate of drug-likeness (QED) is 0.229. The first kappa shape index (κ1) is 20.6. The summed E-state index contributed by atoms with van der Waals surface area (Å²) < 4.78 is 1.01. The largest absolute Gasteiger partial charge is 0.341 e. The van der Waals surface area contributed by atoms with Crippen LogP contribution in [0.2, 0.25) is 10.0 Å². The predicted octanol–water partition coefficient (Wildman–Crippen LogP) is 7.31. The molecule has 5 nitrogen and oxygen atoms in total. The van der Waals surface area contributed by atoms with Gasteiger partial charge in [0, 0.05) is 39.2 Å². The van der Waals surface area contributed by atoms with Crippen molar-refractivity contribution in [3.63, 3.8) is 0 Å². The molecule has 0 spiro atoms. The molecule has 0 amide bonds. The van der Waals surface area contributed by atoms with Crippen molar-refractivity contribution < 1.29 is 4.92 Å². The van der Waals surface area contributed by atoms with E-state index in [1.165, 1.54) is 12.1 Å². The Bertz CT molecular complexity index is 1220. The molecular weight excluding hydrogens is 489 g/mol. The summed E-state index contributed by atoms with van der Waals surface area (Å²) in [6.45, 7) is 0. The standard InChI is InChI=1S/C22H14BrCl2N3O2/c23-15-5-1-13(2-6-15)11-20-26-21(14-3-8-17(9-4-14)28(29)30)22(27-20)18-10-7-16(24)12-19(18)25/h1-10,12H,11H2,(H,26,27). The molecule has 8 heteroatoms. The molecule has 0 fully saturated rings. The van der Waals surface area contributed by atoms with Crippen molar-refractivity contribution in [3.05, 3.63) is 103 Å². The second kappa shape index (κ2) is 8.60. The van der Waals surface area contributed by atoms with Crippen LogP contribution < -0.4 is 0 Å². The summed E-state index contributed by atoms with van der Waals surface area (Å²) in [5.41, 5.74) is 4.03. The van der Waals surface area contributed by atoms with Gasteiger partial charge in [0.25, 0.3) is 5.69 Å². The van der Waals surface area contributed by atoms with Crippen LogP contribution in [0.1, 0.15) is 11.4 Å². The number of nitrogens with one attached hydrogen (secondary N) is 1. The summed E-state index contributed by atoms with van der Waals surface area (Å²) in [6, 6.07) is 19.6. The second-order valence-corrected chi connectivity index (χ2v) is 8.40. The molecule has 1 aromatic heterocycles. The molecule has 3 aromatic carbocycles. The lowest BCUT2D eigenvalue weighted by atomic mass is 10.0. The van der Waals surface area contributed by atoms with Crippen LogP contribution in [-0.4, -0.2) is 14.9 Å². The van der Waals surface area contributed by atoms with Gasteiger partial charge in [0.1, 0.15) is 5.82 Å². The predicted molar refractivity (Wildman–Crippen MR) is 123 cm³/mol. The molecule has 0 saturated carbocycles. The van der Waals surface area contributed by atoms with E-state index in [4.69, 9.17) is 28.2 Å². The Morgan fingerprint density at radius 1 is 1.00 bits per heavy atom. The molecule has 0 saturated heterocycles. The number of nitro groups is 1. The fourth-order valence-electron chi connectivity index (χ4n) is 3.14. The number of aromatic amines is 1. The molecule has 0 aliphatic rings. The monoisotopic (exact) mass is 501 g/mol. The van der Waals surface area contributed by atoms with E-state index in [-0.39, 0.29) is 5.69 Å². The van der Waals surface area contributed by atoms with Crippen LogP contribution in [0.4, 0.5) is 5.69 Å². The van der Waals surface area contributed by atoms with Crippen molar-refractivity contribution in [2.24, 2.45) is 0 Å². The maximum absolute atomic E-state index is 11.0. The van der Waals surface area contributed by atoms with Crippen molar-refractivity contribution in [2.75, 3.05) is 0 Å². The summed E-state index contributed by atoms with van der Waals surface area (Å²) in [7, 11) is 0. The second-order valence-electron chi connectivity index (χ2n) is 6.64. The number of nitro benzene ring substituents is 1. The first-order valence-corrected chi connectivity index (χ1v) is 10.5. The summed E-state index contributed by atoms with van der Waals surface area (Å²) >= 11 is 15.9. The molecule has 0 radical (unpaired) electrons. The Morgan fingerprint density at radius 2 is 1.70 bits per heavy atom. The van der Waals surface area contributed by atoms with Crippen LogP contribution in [-0.2, 0) is 6.42 Å². The molecule has 4 rings (SSSR count). The Labute approximate surface area is 191 Å². The highest BCUT2D eigenvalue weighted by Gasteiger charge is 2.18. The number of H-pyrrole nitrogens is 1. The van der Waals surface area contributed by atoms with Gasteiger partial charge in [-0.15, -0.1) is 0 Å². The maximum atomic E-state index is 11.0. The Balaban J connectivity index is 1.80. The zero-order chi connectivity index (χ0) is 21.3. The number of benzene rings is 3. The molecule has 1 heterocycles. The SMILES string of the molecule is O=[N+]([O-])c1ccc(-c2[nH]c(Cc3ccc(Br)cc3)nc2-c2ccc(Cl)cc2Cl)cc1. The Morgan fingerprint density at radius 3 is 2.33 bits per heavy atom. The molecular formula is C22H14BrCl2N3O2. The molecule has 150 valence electrons. The smallest absolute Gasteiger partial charge is 0.269 e. The van der Waals surface area contributed by atoms with Crippen LogP contribution in [0.15, 0.2) is 71.2 Å². The normalized spacial score (nSPS) is 10.9. The maximum Gasteiger partial charge on any atom is 0.269 e. The van der Waals surface area contributed by atoms with Gasteiger partial charge in [0.05, 0.1) is 21.3 Å². The average Bonchev–Trinajstić information content (AvgIpc) is 3.13. The van der Waals surface area contributed by atoms with Gasteiger partial charge in [-0.05, 0) is 48.0 Å². The van der Waals surface area contributed by atoms with Gasteiger partial charge < -0.3 is 4.98 Å². The molecule has 30 heavy (non-hydrogen) atoms. The topological polar surface area (TPSA) is 71.8 Å². The molecule has 0 aliphatic heterocycles. The molecule has 1 N–H and O–H groups in total. The van der Waals surface area contributed by atoms with Crippen LogP contribution in [0, 0.1) is 10.1 Å².